The van der Waals surface area contributed by atoms with Crippen molar-refractivity contribution >= 4 is 0 Å². The summed E-state index contributed by atoms with van der Waals surface area (Å²) in [7, 11) is 0. The minimum absolute atomic E-state index is 0.0269. The van der Waals surface area contributed by atoms with Crippen LogP contribution < -0.4 is 0 Å². The number of hydrogen-bond acceptors (Lipinski definition) is 3. The Balaban J connectivity index is 1.77. The van der Waals surface area contributed by atoms with Gasteiger partial charge in [0.15, 0.2) is 0 Å². The van der Waals surface area contributed by atoms with E-state index in [2.05, 4.69) is 49.1 Å². The molecule has 0 amide bonds. The molecule has 18 heavy (non-hydrogen) atoms. The topological polar surface area (TPSA) is 28.3 Å². The van der Waals surface area contributed by atoms with Gasteiger partial charge in [-0.15, -0.1) is 0 Å². The molecule has 98 valence electrons. The number of epoxide rings is 2. The Morgan fingerprint density at radius 3 is 2.00 bits per heavy atom. The molecule has 0 bridgehead atoms. The predicted molar refractivity (Wildman–Crippen MR) is 70.5 cm³/mol. The zero-order chi connectivity index (χ0) is 12.6. The predicted octanol–water partition coefficient (Wildman–Crippen LogP) is 2.02. The van der Waals surface area contributed by atoms with Crippen LogP contribution in [0.1, 0.15) is 19.4 Å². The number of hydrogen-bond donors (Lipinski definition) is 0. The lowest BCUT2D eigenvalue weighted by Crippen LogP contribution is -2.45. The summed E-state index contributed by atoms with van der Waals surface area (Å²) < 4.78 is 10.8. The van der Waals surface area contributed by atoms with Crippen LogP contribution in [0.15, 0.2) is 30.3 Å². The SMILES string of the molecule is CC(C)(c1ccccc1)N(CC1CO1)CC1CO1. The third-order valence-corrected chi connectivity index (χ3v) is 3.92. The maximum atomic E-state index is 5.39. The van der Waals surface area contributed by atoms with Crippen molar-refractivity contribution in [2.24, 2.45) is 0 Å². The van der Waals surface area contributed by atoms with E-state index < -0.39 is 0 Å². The van der Waals surface area contributed by atoms with E-state index in [1.807, 2.05) is 0 Å². The van der Waals surface area contributed by atoms with Gasteiger partial charge in [0.1, 0.15) is 0 Å². The van der Waals surface area contributed by atoms with Crippen molar-refractivity contribution in [2.75, 3.05) is 26.3 Å². The molecule has 2 fully saturated rings. The molecule has 2 aliphatic rings. The molecule has 2 saturated heterocycles. The van der Waals surface area contributed by atoms with E-state index in [4.69, 9.17) is 9.47 Å². The summed E-state index contributed by atoms with van der Waals surface area (Å²) in [5.41, 5.74) is 1.38. The first-order valence-electron chi connectivity index (χ1n) is 6.70. The second-order valence-electron chi connectivity index (χ2n) is 5.74. The number of ether oxygens (including phenoxy) is 2. The van der Waals surface area contributed by atoms with Crippen LogP contribution in [-0.2, 0) is 15.0 Å². The van der Waals surface area contributed by atoms with Crippen molar-refractivity contribution in [3.63, 3.8) is 0 Å². The van der Waals surface area contributed by atoms with Gasteiger partial charge in [-0.3, -0.25) is 4.90 Å². The van der Waals surface area contributed by atoms with Crippen molar-refractivity contribution in [1.82, 2.24) is 4.90 Å². The molecule has 0 spiro atoms. The van der Waals surface area contributed by atoms with Crippen molar-refractivity contribution in [3.8, 4) is 0 Å². The van der Waals surface area contributed by atoms with Crippen LogP contribution in [0.4, 0.5) is 0 Å². The fourth-order valence-electron chi connectivity index (χ4n) is 2.40. The smallest absolute Gasteiger partial charge is 0.0936 e. The maximum absolute atomic E-state index is 5.39. The highest BCUT2D eigenvalue weighted by molar-refractivity contribution is 5.23. The van der Waals surface area contributed by atoms with Crippen LogP contribution in [0, 0.1) is 0 Å². The molecule has 2 atom stereocenters. The summed E-state index contributed by atoms with van der Waals surface area (Å²) in [6, 6.07) is 10.7. The summed E-state index contributed by atoms with van der Waals surface area (Å²) >= 11 is 0. The summed E-state index contributed by atoms with van der Waals surface area (Å²) in [6.07, 6.45) is 0.846. The first-order chi connectivity index (χ1) is 8.66. The molecule has 3 nitrogen and oxygen atoms in total. The molecular weight excluding hydrogens is 226 g/mol. The van der Waals surface area contributed by atoms with Gasteiger partial charge in [0.05, 0.1) is 25.4 Å². The Bertz CT molecular complexity index is 382. The molecule has 2 heterocycles. The Hall–Kier alpha value is -0.900. The van der Waals surface area contributed by atoms with Gasteiger partial charge >= 0.3 is 0 Å². The van der Waals surface area contributed by atoms with Crippen LogP contribution in [0.5, 0.6) is 0 Å². The molecule has 2 unspecified atom stereocenters. The van der Waals surface area contributed by atoms with Gasteiger partial charge in [0.2, 0.25) is 0 Å². The molecule has 1 aromatic carbocycles. The van der Waals surface area contributed by atoms with E-state index in [0.29, 0.717) is 12.2 Å². The second-order valence-corrected chi connectivity index (χ2v) is 5.74. The molecule has 3 rings (SSSR count). The standard InChI is InChI=1S/C15H21NO2/c1-15(2,12-6-4-3-5-7-12)16(8-13-10-17-13)9-14-11-18-14/h3-7,13-14H,8-11H2,1-2H3. The molecule has 0 N–H and O–H groups in total. The molecule has 1 aromatic rings. The fraction of sp³-hybridized carbons (Fsp3) is 0.600. The minimum Gasteiger partial charge on any atom is -0.372 e. The molecule has 0 aliphatic carbocycles. The Morgan fingerprint density at radius 1 is 1.06 bits per heavy atom. The number of nitrogens with zero attached hydrogens (tertiary/aromatic N) is 1. The lowest BCUT2D eigenvalue weighted by atomic mass is 9.91. The number of benzene rings is 1. The van der Waals surface area contributed by atoms with Gasteiger partial charge in [0, 0.05) is 18.6 Å². The number of rotatable bonds is 6. The molecular formula is C15H21NO2. The summed E-state index contributed by atoms with van der Waals surface area (Å²) in [6.45, 7) is 8.39. The van der Waals surface area contributed by atoms with E-state index in [-0.39, 0.29) is 5.54 Å². The van der Waals surface area contributed by atoms with E-state index in [9.17, 15) is 0 Å². The third kappa shape index (κ3) is 2.74. The van der Waals surface area contributed by atoms with Crippen molar-refractivity contribution in [2.45, 2.75) is 31.6 Å². The fourth-order valence-corrected chi connectivity index (χ4v) is 2.40. The molecule has 2 aliphatic heterocycles. The van der Waals surface area contributed by atoms with E-state index in [1.165, 1.54) is 5.56 Å². The molecule has 0 aromatic heterocycles. The van der Waals surface area contributed by atoms with E-state index in [0.717, 1.165) is 26.3 Å². The normalized spacial score (nSPS) is 26.4. The highest BCUT2D eigenvalue weighted by Gasteiger charge is 2.38. The van der Waals surface area contributed by atoms with Crippen molar-refractivity contribution in [3.05, 3.63) is 35.9 Å². The largest absolute Gasteiger partial charge is 0.372 e. The van der Waals surface area contributed by atoms with Gasteiger partial charge in [-0.2, -0.15) is 0 Å². The highest BCUT2D eigenvalue weighted by atomic mass is 16.6. The maximum Gasteiger partial charge on any atom is 0.0936 e. The molecule has 0 radical (unpaired) electrons. The average Bonchev–Trinajstić information content (AvgIpc) is 3.24. The van der Waals surface area contributed by atoms with Gasteiger partial charge in [-0.25, -0.2) is 0 Å². The Kier molecular flexibility index (Phi) is 3.14. The van der Waals surface area contributed by atoms with E-state index in [1.54, 1.807) is 0 Å². The monoisotopic (exact) mass is 247 g/mol. The van der Waals surface area contributed by atoms with Crippen LogP contribution in [-0.4, -0.2) is 43.4 Å². The summed E-state index contributed by atoms with van der Waals surface area (Å²) in [5.74, 6) is 0. The van der Waals surface area contributed by atoms with Gasteiger partial charge in [-0.1, -0.05) is 30.3 Å². The lowest BCUT2D eigenvalue weighted by molar-refractivity contribution is 0.0976. The Morgan fingerprint density at radius 2 is 1.56 bits per heavy atom. The van der Waals surface area contributed by atoms with Crippen molar-refractivity contribution in [1.29, 1.82) is 0 Å². The first kappa shape index (κ1) is 12.2. The third-order valence-electron chi connectivity index (χ3n) is 3.92. The van der Waals surface area contributed by atoms with Gasteiger partial charge in [0.25, 0.3) is 0 Å². The van der Waals surface area contributed by atoms with Crippen LogP contribution >= 0.6 is 0 Å². The summed E-state index contributed by atoms with van der Waals surface area (Å²) in [4.78, 5) is 2.50. The van der Waals surface area contributed by atoms with Gasteiger partial charge in [-0.05, 0) is 19.4 Å². The molecule has 3 heteroatoms. The zero-order valence-corrected chi connectivity index (χ0v) is 11.1. The Labute approximate surface area is 109 Å². The average molecular weight is 247 g/mol. The van der Waals surface area contributed by atoms with E-state index >= 15 is 0 Å². The van der Waals surface area contributed by atoms with Crippen LogP contribution in [0.2, 0.25) is 0 Å². The van der Waals surface area contributed by atoms with Gasteiger partial charge < -0.3 is 9.47 Å². The second kappa shape index (κ2) is 4.65. The van der Waals surface area contributed by atoms with Crippen LogP contribution in [0.25, 0.3) is 0 Å². The van der Waals surface area contributed by atoms with Crippen molar-refractivity contribution < 1.29 is 9.47 Å². The minimum atomic E-state index is 0.0269. The zero-order valence-electron chi connectivity index (χ0n) is 11.1. The lowest BCUT2D eigenvalue weighted by Gasteiger charge is -2.38. The molecule has 0 saturated carbocycles. The highest BCUT2D eigenvalue weighted by Crippen LogP contribution is 2.31. The quantitative estimate of drug-likeness (QED) is 0.720. The summed E-state index contributed by atoms with van der Waals surface area (Å²) in [5, 5.41) is 0. The first-order valence-corrected chi connectivity index (χ1v) is 6.70. The van der Waals surface area contributed by atoms with Crippen LogP contribution in [0.3, 0.4) is 0 Å².